The van der Waals surface area contributed by atoms with Gasteiger partial charge in [-0.05, 0) is 71.8 Å². The standard InChI is InChI=1S/C19H20INO3/c1-23-15-9-10-16(18(12-15)24-2)17-4-3-11-21(17)19(22)13-5-7-14(20)8-6-13/h5-10,12,17H,3-4,11H2,1-2H3/t17-/m0/s1. The molecular formula is C19H20INO3. The first-order valence-electron chi connectivity index (χ1n) is 7.92. The van der Waals surface area contributed by atoms with E-state index in [0.29, 0.717) is 0 Å². The summed E-state index contributed by atoms with van der Waals surface area (Å²) < 4.78 is 11.9. The zero-order chi connectivity index (χ0) is 17.1. The van der Waals surface area contributed by atoms with E-state index in [1.165, 1.54) is 0 Å². The van der Waals surface area contributed by atoms with Crippen molar-refractivity contribution in [2.24, 2.45) is 0 Å². The van der Waals surface area contributed by atoms with E-state index >= 15 is 0 Å². The van der Waals surface area contributed by atoms with Crippen molar-refractivity contribution in [1.29, 1.82) is 0 Å². The van der Waals surface area contributed by atoms with Crippen LogP contribution in [0.1, 0.15) is 34.8 Å². The number of hydrogen-bond donors (Lipinski definition) is 0. The van der Waals surface area contributed by atoms with E-state index in [9.17, 15) is 4.79 Å². The Balaban J connectivity index is 1.90. The molecule has 0 aliphatic carbocycles. The van der Waals surface area contributed by atoms with E-state index in [2.05, 4.69) is 22.6 Å². The van der Waals surface area contributed by atoms with E-state index in [1.807, 2.05) is 47.4 Å². The second-order valence-electron chi connectivity index (χ2n) is 5.77. The summed E-state index contributed by atoms with van der Waals surface area (Å²) in [6.07, 6.45) is 1.94. The van der Waals surface area contributed by atoms with E-state index in [4.69, 9.17) is 9.47 Å². The zero-order valence-corrected chi connectivity index (χ0v) is 15.9. The second-order valence-corrected chi connectivity index (χ2v) is 7.02. The highest BCUT2D eigenvalue weighted by molar-refractivity contribution is 14.1. The molecule has 1 heterocycles. The van der Waals surface area contributed by atoms with Gasteiger partial charge in [-0.1, -0.05) is 0 Å². The normalized spacial score (nSPS) is 17.0. The molecule has 2 aromatic carbocycles. The number of benzene rings is 2. The van der Waals surface area contributed by atoms with E-state index < -0.39 is 0 Å². The van der Waals surface area contributed by atoms with Gasteiger partial charge >= 0.3 is 0 Å². The number of halogens is 1. The van der Waals surface area contributed by atoms with Crippen molar-refractivity contribution in [1.82, 2.24) is 4.90 Å². The Kier molecular flexibility index (Phi) is 5.28. The predicted octanol–water partition coefficient (Wildman–Crippen LogP) is 4.29. The molecule has 0 saturated carbocycles. The Morgan fingerprint density at radius 3 is 2.54 bits per heavy atom. The third kappa shape index (κ3) is 3.36. The third-order valence-electron chi connectivity index (χ3n) is 4.40. The van der Waals surface area contributed by atoms with E-state index in [-0.39, 0.29) is 11.9 Å². The van der Waals surface area contributed by atoms with Crippen molar-refractivity contribution in [2.45, 2.75) is 18.9 Å². The van der Waals surface area contributed by atoms with Crippen LogP contribution in [0.25, 0.3) is 0 Å². The third-order valence-corrected chi connectivity index (χ3v) is 5.12. The van der Waals surface area contributed by atoms with Crippen LogP contribution in [0.5, 0.6) is 11.5 Å². The first-order chi connectivity index (χ1) is 11.6. The average Bonchev–Trinajstić information content (AvgIpc) is 3.10. The maximum Gasteiger partial charge on any atom is 0.254 e. The molecule has 24 heavy (non-hydrogen) atoms. The molecule has 0 aromatic heterocycles. The molecule has 1 aliphatic rings. The minimum atomic E-state index is 0.0395. The number of carbonyl (C=O) groups excluding carboxylic acids is 1. The minimum absolute atomic E-state index is 0.0395. The Morgan fingerprint density at radius 1 is 1.12 bits per heavy atom. The predicted molar refractivity (Wildman–Crippen MR) is 102 cm³/mol. The van der Waals surface area contributed by atoms with Crippen LogP contribution in [0.2, 0.25) is 0 Å². The van der Waals surface area contributed by atoms with Crippen LogP contribution in [0.15, 0.2) is 42.5 Å². The molecule has 1 fully saturated rings. The van der Waals surface area contributed by atoms with Crippen molar-refractivity contribution in [3.8, 4) is 11.5 Å². The first kappa shape index (κ1) is 17.1. The molecule has 1 aliphatic heterocycles. The highest BCUT2D eigenvalue weighted by Crippen LogP contribution is 2.39. The lowest BCUT2D eigenvalue weighted by Crippen LogP contribution is -2.30. The SMILES string of the molecule is COc1ccc([C@@H]2CCCN2C(=O)c2ccc(I)cc2)c(OC)c1. The van der Waals surface area contributed by atoms with Gasteiger partial charge in [-0.3, -0.25) is 4.79 Å². The van der Waals surface area contributed by atoms with Crippen molar-refractivity contribution >= 4 is 28.5 Å². The summed E-state index contributed by atoms with van der Waals surface area (Å²) in [5.41, 5.74) is 1.77. The van der Waals surface area contributed by atoms with Gasteiger partial charge in [0.05, 0.1) is 20.3 Å². The summed E-state index contributed by atoms with van der Waals surface area (Å²) in [6.45, 7) is 0.769. The summed E-state index contributed by atoms with van der Waals surface area (Å²) in [5, 5.41) is 0. The molecule has 1 atom stereocenters. The summed E-state index contributed by atoms with van der Waals surface area (Å²) in [7, 11) is 3.29. The number of ether oxygens (including phenoxy) is 2. The van der Waals surface area contributed by atoms with Crippen LogP contribution in [0.4, 0.5) is 0 Å². The number of nitrogens with zero attached hydrogens (tertiary/aromatic N) is 1. The number of likely N-dealkylation sites (tertiary alicyclic amines) is 1. The largest absolute Gasteiger partial charge is 0.497 e. The van der Waals surface area contributed by atoms with Crippen LogP contribution >= 0.6 is 22.6 Å². The van der Waals surface area contributed by atoms with Crippen molar-refractivity contribution < 1.29 is 14.3 Å². The van der Waals surface area contributed by atoms with Crippen molar-refractivity contribution in [3.63, 3.8) is 0 Å². The molecule has 2 aromatic rings. The van der Waals surface area contributed by atoms with Gasteiger partial charge < -0.3 is 14.4 Å². The Morgan fingerprint density at radius 2 is 1.88 bits per heavy atom. The monoisotopic (exact) mass is 437 g/mol. The van der Waals surface area contributed by atoms with Crippen LogP contribution in [-0.2, 0) is 0 Å². The van der Waals surface area contributed by atoms with Gasteiger partial charge in [-0.15, -0.1) is 0 Å². The molecule has 4 nitrogen and oxygen atoms in total. The van der Waals surface area contributed by atoms with Gasteiger partial charge in [0.25, 0.3) is 5.91 Å². The fraction of sp³-hybridized carbons (Fsp3) is 0.316. The molecule has 1 amide bonds. The fourth-order valence-corrected chi connectivity index (χ4v) is 3.54. The quantitative estimate of drug-likeness (QED) is 0.671. The molecule has 0 unspecified atom stereocenters. The number of amides is 1. The Hall–Kier alpha value is -1.76. The maximum absolute atomic E-state index is 12.9. The lowest BCUT2D eigenvalue weighted by atomic mass is 10.0. The molecular weight excluding hydrogens is 417 g/mol. The molecule has 0 spiro atoms. The summed E-state index contributed by atoms with van der Waals surface area (Å²) in [5.74, 6) is 1.59. The van der Waals surface area contributed by atoms with Gasteiger partial charge in [0, 0.05) is 27.3 Å². The Labute approximate surface area is 155 Å². The average molecular weight is 437 g/mol. The lowest BCUT2D eigenvalue weighted by molar-refractivity contribution is 0.0734. The summed E-state index contributed by atoms with van der Waals surface area (Å²) >= 11 is 2.24. The van der Waals surface area contributed by atoms with Crippen molar-refractivity contribution in [3.05, 3.63) is 57.2 Å². The summed E-state index contributed by atoms with van der Waals surface area (Å²) in [6, 6.07) is 13.6. The fourth-order valence-electron chi connectivity index (χ4n) is 3.19. The number of methoxy groups -OCH3 is 2. The van der Waals surface area contributed by atoms with Crippen LogP contribution in [0, 0.1) is 3.57 Å². The smallest absolute Gasteiger partial charge is 0.254 e. The highest BCUT2D eigenvalue weighted by atomic mass is 127. The molecule has 0 radical (unpaired) electrons. The number of hydrogen-bond acceptors (Lipinski definition) is 3. The molecule has 5 heteroatoms. The van der Waals surface area contributed by atoms with Gasteiger partial charge in [0.2, 0.25) is 0 Å². The highest BCUT2D eigenvalue weighted by Gasteiger charge is 2.32. The molecule has 126 valence electrons. The molecule has 0 bridgehead atoms. The Bertz CT molecular complexity index is 730. The maximum atomic E-state index is 12.9. The molecule has 0 N–H and O–H groups in total. The molecule has 3 rings (SSSR count). The van der Waals surface area contributed by atoms with Gasteiger partial charge in [0.1, 0.15) is 11.5 Å². The lowest BCUT2D eigenvalue weighted by Gasteiger charge is -2.26. The van der Waals surface area contributed by atoms with E-state index in [0.717, 1.165) is 45.6 Å². The van der Waals surface area contributed by atoms with E-state index in [1.54, 1.807) is 14.2 Å². The van der Waals surface area contributed by atoms with Crippen molar-refractivity contribution in [2.75, 3.05) is 20.8 Å². The number of rotatable bonds is 4. The molecule has 1 saturated heterocycles. The zero-order valence-electron chi connectivity index (χ0n) is 13.8. The topological polar surface area (TPSA) is 38.8 Å². The van der Waals surface area contributed by atoms with Crippen LogP contribution < -0.4 is 9.47 Å². The van der Waals surface area contributed by atoms with Gasteiger partial charge in [-0.2, -0.15) is 0 Å². The summed E-state index contributed by atoms with van der Waals surface area (Å²) in [4.78, 5) is 14.9. The van der Waals surface area contributed by atoms with Gasteiger partial charge in [0.15, 0.2) is 0 Å². The minimum Gasteiger partial charge on any atom is -0.497 e. The second kappa shape index (κ2) is 7.42. The number of carbonyl (C=O) groups is 1. The van der Waals surface area contributed by atoms with Crippen LogP contribution in [-0.4, -0.2) is 31.6 Å². The first-order valence-corrected chi connectivity index (χ1v) is 9.00. The van der Waals surface area contributed by atoms with Crippen LogP contribution in [0.3, 0.4) is 0 Å². The van der Waals surface area contributed by atoms with Gasteiger partial charge in [-0.25, -0.2) is 0 Å².